The predicted molar refractivity (Wildman–Crippen MR) is 51.6 cm³/mol. The number of aliphatic hydroxyl groups is 1. The van der Waals surface area contributed by atoms with Gasteiger partial charge in [-0.1, -0.05) is 6.07 Å². The molecule has 0 spiro atoms. The van der Waals surface area contributed by atoms with E-state index in [0.29, 0.717) is 0 Å². The van der Waals surface area contributed by atoms with Crippen molar-refractivity contribution in [3.05, 3.63) is 39.4 Å². The summed E-state index contributed by atoms with van der Waals surface area (Å²) in [6.07, 6.45) is 0. The zero-order valence-electron chi connectivity index (χ0n) is 8.02. The zero-order valence-corrected chi connectivity index (χ0v) is 8.02. The van der Waals surface area contributed by atoms with Crippen LogP contribution in [0, 0.1) is 17.0 Å². The molecule has 5 nitrogen and oxygen atoms in total. The average molecular weight is 196 g/mol. The van der Waals surface area contributed by atoms with Gasteiger partial charge in [-0.2, -0.15) is 0 Å². The van der Waals surface area contributed by atoms with Crippen molar-refractivity contribution in [3.8, 4) is 0 Å². The van der Waals surface area contributed by atoms with Crippen molar-refractivity contribution >= 4 is 5.69 Å². The van der Waals surface area contributed by atoms with E-state index >= 15 is 0 Å². The molecule has 0 aliphatic heterocycles. The molecule has 0 saturated carbocycles. The Kier molecular flexibility index (Phi) is 2.55. The smallest absolute Gasteiger partial charge is 0.277 e. The minimum absolute atomic E-state index is 0.119. The molecule has 0 aromatic heterocycles. The molecule has 1 aromatic carbocycles. The number of nitrogens with zero attached hydrogens (tertiary/aromatic N) is 1. The van der Waals surface area contributed by atoms with Gasteiger partial charge in [0, 0.05) is 6.07 Å². The van der Waals surface area contributed by atoms with Gasteiger partial charge in [0.15, 0.2) is 0 Å². The minimum atomic E-state index is -1.68. The molecule has 14 heavy (non-hydrogen) atoms. The molecule has 0 bridgehead atoms. The third-order valence-corrected chi connectivity index (χ3v) is 1.90. The van der Waals surface area contributed by atoms with Gasteiger partial charge in [-0.3, -0.25) is 15.8 Å². The highest BCUT2D eigenvalue weighted by Crippen LogP contribution is 2.26. The molecule has 0 heterocycles. The Morgan fingerprint density at radius 2 is 2.14 bits per heavy atom. The van der Waals surface area contributed by atoms with E-state index in [-0.39, 0.29) is 11.3 Å². The Hall–Kier alpha value is -1.46. The second kappa shape index (κ2) is 3.36. The fourth-order valence-corrected chi connectivity index (χ4v) is 1.22. The molecule has 0 radical (unpaired) electrons. The first kappa shape index (κ1) is 10.6. The highest BCUT2D eigenvalue weighted by molar-refractivity contribution is 5.45. The van der Waals surface area contributed by atoms with E-state index < -0.39 is 10.6 Å². The number of rotatable bonds is 2. The lowest BCUT2D eigenvalue weighted by Crippen LogP contribution is -2.33. The fourth-order valence-electron chi connectivity index (χ4n) is 1.22. The van der Waals surface area contributed by atoms with Crippen LogP contribution < -0.4 is 5.73 Å². The number of nitro benzene ring substituents is 1. The number of nitrogens with two attached hydrogens (primary N) is 1. The number of hydrogen-bond donors (Lipinski definition) is 2. The fraction of sp³-hybridized carbons (Fsp3) is 0.333. The van der Waals surface area contributed by atoms with Gasteiger partial charge in [-0.25, -0.2) is 0 Å². The van der Waals surface area contributed by atoms with Crippen LogP contribution in [0.25, 0.3) is 0 Å². The summed E-state index contributed by atoms with van der Waals surface area (Å²) in [5.74, 6) is 0. The normalized spacial score (nSPS) is 14.9. The zero-order chi connectivity index (χ0) is 10.9. The summed E-state index contributed by atoms with van der Waals surface area (Å²) in [6, 6.07) is 4.52. The van der Waals surface area contributed by atoms with Crippen LogP contribution in [-0.2, 0) is 5.72 Å². The highest BCUT2D eigenvalue weighted by atomic mass is 16.6. The van der Waals surface area contributed by atoms with Crippen molar-refractivity contribution < 1.29 is 10.0 Å². The third kappa shape index (κ3) is 2.07. The van der Waals surface area contributed by atoms with Crippen LogP contribution in [0.5, 0.6) is 0 Å². The van der Waals surface area contributed by atoms with Gasteiger partial charge in [0.1, 0.15) is 5.72 Å². The number of nitro groups is 1. The van der Waals surface area contributed by atoms with E-state index in [1.54, 1.807) is 13.0 Å². The maximum Gasteiger partial charge on any atom is 0.277 e. The SMILES string of the molecule is Cc1ccc(C(C)(N)O)c([N+](=O)[O-])c1. The quantitative estimate of drug-likeness (QED) is 0.420. The molecule has 76 valence electrons. The van der Waals surface area contributed by atoms with Crippen LogP contribution in [0.1, 0.15) is 18.1 Å². The predicted octanol–water partition coefficient (Wildman–Crippen LogP) is 1.03. The highest BCUT2D eigenvalue weighted by Gasteiger charge is 2.26. The average Bonchev–Trinajstić information content (AvgIpc) is 2.01. The summed E-state index contributed by atoms with van der Waals surface area (Å²) in [4.78, 5) is 10.1. The Morgan fingerprint density at radius 1 is 1.57 bits per heavy atom. The maximum atomic E-state index is 10.7. The monoisotopic (exact) mass is 196 g/mol. The molecule has 5 heteroatoms. The second-order valence-electron chi connectivity index (χ2n) is 3.43. The lowest BCUT2D eigenvalue weighted by atomic mass is 10.0. The van der Waals surface area contributed by atoms with E-state index in [1.807, 2.05) is 0 Å². The number of benzene rings is 1. The number of hydrogen-bond acceptors (Lipinski definition) is 4. The summed E-state index contributed by atoms with van der Waals surface area (Å²) < 4.78 is 0. The van der Waals surface area contributed by atoms with E-state index in [0.717, 1.165) is 5.56 Å². The van der Waals surface area contributed by atoms with Gasteiger partial charge in [0.2, 0.25) is 0 Å². The van der Waals surface area contributed by atoms with Crippen LogP contribution >= 0.6 is 0 Å². The molecule has 1 aromatic rings. The molecule has 1 unspecified atom stereocenters. The maximum absolute atomic E-state index is 10.7. The Labute approximate surface area is 81.3 Å². The van der Waals surface area contributed by atoms with Crippen LogP contribution in [0.2, 0.25) is 0 Å². The largest absolute Gasteiger partial charge is 0.372 e. The van der Waals surface area contributed by atoms with Crippen molar-refractivity contribution in [3.63, 3.8) is 0 Å². The van der Waals surface area contributed by atoms with Gasteiger partial charge in [-0.15, -0.1) is 0 Å². The standard InChI is InChI=1S/C9H12N2O3/c1-6-3-4-7(9(2,10)12)8(5-6)11(13)14/h3-5,12H,10H2,1-2H3. The Morgan fingerprint density at radius 3 is 2.57 bits per heavy atom. The van der Waals surface area contributed by atoms with Crippen molar-refractivity contribution in [2.45, 2.75) is 19.6 Å². The first-order chi connectivity index (χ1) is 6.32. The molecular weight excluding hydrogens is 184 g/mol. The molecule has 3 N–H and O–H groups in total. The van der Waals surface area contributed by atoms with Crippen molar-refractivity contribution in [2.24, 2.45) is 5.73 Å². The van der Waals surface area contributed by atoms with Gasteiger partial charge >= 0.3 is 0 Å². The van der Waals surface area contributed by atoms with Crippen LogP contribution in [-0.4, -0.2) is 10.0 Å². The number of aryl methyl sites for hydroxylation is 1. The minimum Gasteiger partial charge on any atom is -0.372 e. The summed E-state index contributed by atoms with van der Waals surface area (Å²) >= 11 is 0. The lowest BCUT2D eigenvalue weighted by molar-refractivity contribution is -0.386. The van der Waals surface area contributed by atoms with E-state index in [2.05, 4.69) is 0 Å². The molecule has 0 aliphatic carbocycles. The van der Waals surface area contributed by atoms with Crippen LogP contribution in [0.3, 0.4) is 0 Å². The topological polar surface area (TPSA) is 89.4 Å². The van der Waals surface area contributed by atoms with E-state index in [9.17, 15) is 15.2 Å². The molecular formula is C9H12N2O3. The first-order valence-corrected chi connectivity index (χ1v) is 4.09. The Bertz CT molecular complexity index is 369. The summed E-state index contributed by atoms with van der Waals surface area (Å²) in [5.41, 5.74) is 4.43. The van der Waals surface area contributed by atoms with E-state index in [4.69, 9.17) is 5.73 Å². The Balaban J connectivity index is 3.37. The van der Waals surface area contributed by atoms with Crippen molar-refractivity contribution in [1.29, 1.82) is 0 Å². The van der Waals surface area contributed by atoms with E-state index in [1.165, 1.54) is 19.1 Å². The van der Waals surface area contributed by atoms with Gasteiger partial charge in [0.05, 0.1) is 10.5 Å². The van der Waals surface area contributed by atoms with Crippen LogP contribution in [0.4, 0.5) is 5.69 Å². The summed E-state index contributed by atoms with van der Waals surface area (Å²) in [7, 11) is 0. The second-order valence-corrected chi connectivity index (χ2v) is 3.43. The summed E-state index contributed by atoms with van der Waals surface area (Å²) in [6.45, 7) is 3.05. The first-order valence-electron chi connectivity index (χ1n) is 4.09. The van der Waals surface area contributed by atoms with Gasteiger partial charge in [-0.05, 0) is 25.5 Å². The van der Waals surface area contributed by atoms with Gasteiger partial charge < -0.3 is 5.11 Å². The third-order valence-electron chi connectivity index (χ3n) is 1.90. The molecule has 0 amide bonds. The molecule has 0 saturated heterocycles. The molecule has 1 rings (SSSR count). The molecule has 0 fully saturated rings. The molecule has 1 atom stereocenters. The van der Waals surface area contributed by atoms with Crippen LogP contribution in [0.15, 0.2) is 18.2 Å². The van der Waals surface area contributed by atoms with Crippen molar-refractivity contribution in [1.82, 2.24) is 0 Å². The molecule has 0 aliphatic rings. The van der Waals surface area contributed by atoms with Crippen molar-refractivity contribution in [2.75, 3.05) is 0 Å². The summed E-state index contributed by atoms with van der Waals surface area (Å²) in [5, 5.41) is 20.1. The lowest BCUT2D eigenvalue weighted by Gasteiger charge is -2.17. The van der Waals surface area contributed by atoms with Gasteiger partial charge in [0.25, 0.3) is 5.69 Å².